The van der Waals surface area contributed by atoms with Crippen LogP contribution in [0.1, 0.15) is 51.2 Å². The molecule has 0 radical (unpaired) electrons. The fourth-order valence-electron chi connectivity index (χ4n) is 23.2. The first kappa shape index (κ1) is 88.9. The number of hydrogen-bond donors (Lipinski definition) is 0. The van der Waals surface area contributed by atoms with Crippen LogP contribution in [0.15, 0.2) is 523 Å². The molecule has 696 valence electrons. The standard InChI is InChI=1S/C48H30O.2C48H36O/c1-2-14-32(15-3-1)46-40-21-6-7-22-41(40)47(39-24-11-16-31-13-4-5-19-36(31)39)44-30-34(27-28-42(44)46)33-17-10-18-35(29-33)37-23-12-25-43-38-20-8-9-26-45(38)49-48(37)43;1-31(2)28-32-22-24-34(25-23-32)47-41-18-7-6-17-40(41)46(33-12-4-3-5-13-33)42-27-26-36(30-44(42)47)35-14-10-15-37(29-35)38-19-11-20-43-39-16-8-9-21-45(39)49-48(38)43;1-3-31(2)32-23-25-34(26-24-32)47-41-19-8-7-18-40(41)46(33-13-5-4-6-14-33)42-28-27-36(30-44(42)47)35-15-11-16-37(29-35)38-20-12-21-43-39-17-9-10-22-45(39)49-48(38)43/h1-30H;3-27,29-31H,28H2,1-2H3;4-31H,3H2,1-2H3. The topological polar surface area (TPSA) is 39.4 Å². The highest BCUT2D eigenvalue weighted by Crippen LogP contribution is 2.52. The maximum Gasteiger partial charge on any atom is 0.143 e. The van der Waals surface area contributed by atoms with E-state index in [2.05, 4.69) is 501 Å². The first-order valence-electron chi connectivity index (χ1n) is 51.4. The van der Waals surface area contributed by atoms with Gasteiger partial charge >= 0.3 is 0 Å². The molecule has 0 spiro atoms. The molecule has 25 aromatic carbocycles. The maximum absolute atomic E-state index is 6.44. The molecule has 0 N–H and O–H groups in total. The second kappa shape index (κ2) is 37.9. The summed E-state index contributed by atoms with van der Waals surface area (Å²) < 4.78 is 19.3. The molecular weight excluding hydrogens is 1780 g/mol. The lowest BCUT2D eigenvalue weighted by Crippen LogP contribution is -1.94. The average molecular weight is 1880 g/mol. The third-order valence-electron chi connectivity index (χ3n) is 30.3. The lowest BCUT2D eigenvalue weighted by Gasteiger charge is -2.20. The van der Waals surface area contributed by atoms with Gasteiger partial charge in [0, 0.05) is 49.0 Å². The van der Waals surface area contributed by atoms with Gasteiger partial charge < -0.3 is 13.3 Å². The van der Waals surface area contributed by atoms with Gasteiger partial charge in [0.05, 0.1) is 0 Å². The van der Waals surface area contributed by atoms with E-state index in [0.29, 0.717) is 11.8 Å². The molecule has 1 atom stereocenters. The molecule has 1 unspecified atom stereocenters. The second-order valence-corrected chi connectivity index (χ2v) is 39.6. The van der Waals surface area contributed by atoms with Crippen molar-refractivity contribution in [2.24, 2.45) is 5.92 Å². The highest BCUT2D eigenvalue weighted by molar-refractivity contribution is 6.27. The molecule has 0 saturated heterocycles. The van der Waals surface area contributed by atoms with Crippen molar-refractivity contribution in [2.45, 2.75) is 46.5 Å². The van der Waals surface area contributed by atoms with Crippen LogP contribution >= 0.6 is 0 Å². The van der Waals surface area contributed by atoms with Crippen molar-refractivity contribution in [3.63, 3.8) is 0 Å². The van der Waals surface area contributed by atoms with Gasteiger partial charge in [0.1, 0.15) is 33.5 Å². The van der Waals surface area contributed by atoms with Gasteiger partial charge in [0.25, 0.3) is 0 Å². The fourth-order valence-corrected chi connectivity index (χ4v) is 23.2. The summed E-state index contributed by atoms with van der Waals surface area (Å²) in [7, 11) is 0. The molecular formula is C144H102O3. The van der Waals surface area contributed by atoms with Crippen molar-refractivity contribution in [2.75, 3.05) is 0 Å². The van der Waals surface area contributed by atoms with E-state index in [-0.39, 0.29) is 0 Å². The molecule has 0 fully saturated rings. The second-order valence-electron chi connectivity index (χ2n) is 39.6. The summed E-state index contributed by atoms with van der Waals surface area (Å²) >= 11 is 0. The van der Waals surface area contributed by atoms with E-state index in [0.717, 1.165) is 112 Å². The van der Waals surface area contributed by atoms with Crippen molar-refractivity contribution in [3.8, 4) is 134 Å². The molecule has 3 nitrogen and oxygen atoms in total. The zero-order valence-corrected chi connectivity index (χ0v) is 82.3. The monoisotopic (exact) mass is 1880 g/mol. The fraction of sp³-hybridized carbons (Fsp3) is 0.0556. The summed E-state index contributed by atoms with van der Waals surface area (Å²) in [5.74, 6) is 1.15. The van der Waals surface area contributed by atoms with Crippen LogP contribution in [0, 0.1) is 5.92 Å². The molecule has 147 heavy (non-hydrogen) atoms. The molecule has 3 heteroatoms. The van der Waals surface area contributed by atoms with Crippen molar-refractivity contribution >= 4 is 141 Å². The predicted molar refractivity (Wildman–Crippen MR) is 626 cm³/mol. The van der Waals surface area contributed by atoms with Crippen LogP contribution in [0.25, 0.3) is 275 Å². The molecule has 3 aromatic heterocycles. The van der Waals surface area contributed by atoms with Crippen LogP contribution < -0.4 is 0 Å². The SMILES string of the molecule is CC(C)Cc1ccc(-c2c3ccccc3c(-c3ccccc3)c3ccc(-c4cccc(-c5cccc6c5oc5ccccc56)c4)cc23)cc1.CCC(C)c1ccc(-c2c3ccccc3c(-c3ccccc3)c3ccc(-c4cccc(-c5cccc6c5oc5ccccc56)c4)cc23)cc1.c1ccc(-c2c3ccccc3c(-c3cccc4ccccc34)c3cc(-c4cccc(-c5cccc6c5oc5ccccc56)c4)ccc23)cc1. The largest absolute Gasteiger partial charge is 0.455 e. The number of furan rings is 3. The lowest BCUT2D eigenvalue weighted by atomic mass is 9.83. The van der Waals surface area contributed by atoms with Crippen LogP contribution in [0.5, 0.6) is 0 Å². The third kappa shape index (κ3) is 16.1. The summed E-state index contributed by atoms with van der Waals surface area (Å²) in [6.45, 7) is 9.13. The Balaban J connectivity index is 0.000000112. The Kier molecular flexibility index (Phi) is 22.9. The highest BCUT2D eigenvalue weighted by atomic mass is 16.3. The Hall–Kier alpha value is -18.3. The zero-order valence-electron chi connectivity index (χ0n) is 82.3. The van der Waals surface area contributed by atoms with E-state index < -0.39 is 0 Å². The third-order valence-corrected chi connectivity index (χ3v) is 30.3. The van der Waals surface area contributed by atoms with E-state index in [1.807, 2.05) is 36.4 Å². The van der Waals surface area contributed by atoms with Crippen molar-refractivity contribution in [1.82, 2.24) is 0 Å². The Labute approximate surface area is 854 Å². The quantitative estimate of drug-likeness (QED) is 0.0905. The first-order chi connectivity index (χ1) is 72.6. The van der Waals surface area contributed by atoms with Crippen molar-refractivity contribution in [1.29, 1.82) is 0 Å². The minimum absolute atomic E-state index is 0.535. The minimum Gasteiger partial charge on any atom is -0.455 e. The van der Waals surface area contributed by atoms with E-state index in [4.69, 9.17) is 13.3 Å². The van der Waals surface area contributed by atoms with Gasteiger partial charge in [-0.25, -0.2) is 0 Å². The molecule has 28 aromatic rings. The summed E-state index contributed by atoms with van der Waals surface area (Å²) in [5.41, 5.74) is 37.3. The van der Waals surface area contributed by atoms with Gasteiger partial charge in [-0.3, -0.25) is 0 Å². The highest BCUT2D eigenvalue weighted by Gasteiger charge is 2.26. The maximum atomic E-state index is 6.44. The number of rotatable bonds is 16. The van der Waals surface area contributed by atoms with E-state index in [1.54, 1.807) is 0 Å². The Morgan fingerprint density at radius 2 is 0.415 bits per heavy atom. The molecule has 0 aliphatic rings. The summed E-state index contributed by atoms with van der Waals surface area (Å²) in [4.78, 5) is 0. The molecule has 0 aliphatic heterocycles. The van der Waals surface area contributed by atoms with Gasteiger partial charge in [-0.1, -0.05) is 483 Å². The van der Waals surface area contributed by atoms with Crippen LogP contribution in [-0.4, -0.2) is 0 Å². The number of para-hydroxylation sites is 6. The van der Waals surface area contributed by atoms with Gasteiger partial charge in [-0.15, -0.1) is 0 Å². The van der Waals surface area contributed by atoms with Gasteiger partial charge in [-0.2, -0.15) is 0 Å². The predicted octanol–water partition coefficient (Wildman–Crippen LogP) is 41.5. The number of fused-ring (bicyclic) bond motifs is 16. The normalized spacial score (nSPS) is 11.9. The van der Waals surface area contributed by atoms with Crippen molar-refractivity contribution in [3.05, 3.63) is 521 Å². The Morgan fingerprint density at radius 3 is 0.782 bits per heavy atom. The van der Waals surface area contributed by atoms with Crippen LogP contribution in [-0.2, 0) is 6.42 Å². The molecule has 0 aliphatic carbocycles. The lowest BCUT2D eigenvalue weighted by molar-refractivity contribution is 0.647. The Bertz CT molecular complexity index is 9960. The molecule has 0 saturated carbocycles. The van der Waals surface area contributed by atoms with Gasteiger partial charge in [0.15, 0.2) is 0 Å². The van der Waals surface area contributed by atoms with Crippen LogP contribution in [0.4, 0.5) is 0 Å². The van der Waals surface area contributed by atoms with Gasteiger partial charge in [-0.05, 0) is 283 Å². The smallest absolute Gasteiger partial charge is 0.143 e. The summed E-state index contributed by atoms with van der Waals surface area (Å²) in [5, 5.41) is 24.5. The van der Waals surface area contributed by atoms with Crippen LogP contribution in [0.2, 0.25) is 0 Å². The molecule has 0 amide bonds. The summed E-state index contributed by atoms with van der Waals surface area (Å²) in [6.07, 6.45) is 2.21. The zero-order chi connectivity index (χ0) is 98.1. The molecule has 28 rings (SSSR count). The van der Waals surface area contributed by atoms with Gasteiger partial charge in [0.2, 0.25) is 0 Å². The van der Waals surface area contributed by atoms with Crippen LogP contribution in [0.3, 0.4) is 0 Å². The Morgan fingerprint density at radius 1 is 0.170 bits per heavy atom. The number of benzene rings is 25. The molecule has 0 bridgehead atoms. The first-order valence-corrected chi connectivity index (χ1v) is 51.4. The summed E-state index contributed by atoms with van der Waals surface area (Å²) in [6, 6.07) is 185. The average Bonchev–Trinajstić information content (AvgIpc) is 1.61. The number of hydrogen-bond acceptors (Lipinski definition) is 3. The van der Waals surface area contributed by atoms with E-state index in [9.17, 15) is 0 Å². The minimum atomic E-state index is 0.535. The van der Waals surface area contributed by atoms with E-state index >= 15 is 0 Å². The van der Waals surface area contributed by atoms with Crippen molar-refractivity contribution < 1.29 is 13.3 Å². The molecule has 3 heterocycles. The van der Waals surface area contributed by atoms with E-state index in [1.165, 1.54) is 187 Å².